The molecule has 1 heterocycles. The third-order valence-electron chi connectivity index (χ3n) is 5.17. The monoisotopic (exact) mass is 447 g/mol. The van der Waals surface area contributed by atoms with Gasteiger partial charge in [-0.25, -0.2) is 4.79 Å². The first-order chi connectivity index (χ1) is 15.2. The van der Waals surface area contributed by atoms with E-state index in [2.05, 4.69) is 0 Å². The van der Waals surface area contributed by atoms with E-state index in [1.807, 2.05) is 12.1 Å². The van der Waals surface area contributed by atoms with Crippen LogP contribution in [0, 0.1) is 0 Å². The van der Waals surface area contributed by atoms with E-state index in [4.69, 9.17) is 14.3 Å². The largest absolute Gasteiger partial charge is 0.484 e. The molecule has 4 atom stereocenters. The molecule has 2 aromatic carbocycles. The van der Waals surface area contributed by atoms with E-state index in [0.717, 1.165) is 15.7 Å². The molecule has 3 rings (SSSR count). The average Bonchev–Trinajstić information content (AvgIpc) is 2.80. The van der Waals surface area contributed by atoms with E-state index < -0.39 is 49.2 Å². The summed E-state index contributed by atoms with van der Waals surface area (Å²) in [5.74, 6) is -0.242. The number of rotatable bonds is 9. The van der Waals surface area contributed by atoms with Crippen LogP contribution in [0.4, 0.5) is 0 Å². The second-order valence-corrected chi connectivity index (χ2v) is 7.45. The van der Waals surface area contributed by atoms with Crippen molar-refractivity contribution in [3.63, 3.8) is 0 Å². The Hall–Kier alpha value is -3.02. The normalized spacial score (nSPS) is 15.3. The summed E-state index contributed by atoms with van der Waals surface area (Å²) in [5.41, 5.74) is -0.177. The lowest BCUT2D eigenvalue weighted by Crippen LogP contribution is -2.50. The second kappa shape index (κ2) is 10.1. The zero-order chi connectivity index (χ0) is 23.4. The summed E-state index contributed by atoms with van der Waals surface area (Å²) < 4.78 is 10.8. The molecule has 172 valence electrons. The van der Waals surface area contributed by atoms with Crippen molar-refractivity contribution < 1.29 is 39.5 Å². The highest BCUT2D eigenvalue weighted by Crippen LogP contribution is 2.26. The third-order valence-corrected chi connectivity index (χ3v) is 5.17. The van der Waals surface area contributed by atoms with Crippen LogP contribution in [0.15, 0.2) is 51.7 Å². The first kappa shape index (κ1) is 23.6. The molecule has 0 saturated heterocycles. The minimum atomic E-state index is -1.78. The number of fused-ring (bicyclic) bond motifs is 3. The Morgan fingerprint density at radius 2 is 1.66 bits per heavy atom. The highest BCUT2D eigenvalue weighted by atomic mass is 16.5. The van der Waals surface area contributed by atoms with Gasteiger partial charge in [-0.1, -0.05) is 18.2 Å². The zero-order valence-electron chi connectivity index (χ0n) is 17.3. The van der Waals surface area contributed by atoms with Crippen LogP contribution < -0.4 is 10.4 Å². The van der Waals surface area contributed by atoms with E-state index in [-0.39, 0.29) is 6.54 Å². The molecular formula is C22H25NO9. The van der Waals surface area contributed by atoms with Crippen LogP contribution in [0.3, 0.4) is 0 Å². The molecule has 10 heteroatoms. The van der Waals surface area contributed by atoms with E-state index in [1.165, 1.54) is 13.1 Å². The summed E-state index contributed by atoms with van der Waals surface area (Å²) in [4.78, 5) is 25.6. The number of carbonyl (C=O) groups excluding carboxylic acids is 1. The number of amides is 1. The average molecular weight is 447 g/mol. The number of aliphatic hydroxyl groups is 5. The Balaban J connectivity index is 1.64. The van der Waals surface area contributed by atoms with Crippen LogP contribution in [-0.4, -0.2) is 87.6 Å². The van der Waals surface area contributed by atoms with Gasteiger partial charge < -0.3 is 39.6 Å². The maximum atomic E-state index is 12.3. The smallest absolute Gasteiger partial charge is 0.344 e. The van der Waals surface area contributed by atoms with Gasteiger partial charge >= 0.3 is 5.63 Å². The Bertz CT molecular complexity index is 1150. The van der Waals surface area contributed by atoms with Crippen molar-refractivity contribution in [2.24, 2.45) is 0 Å². The Morgan fingerprint density at radius 1 is 1.00 bits per heavy atom. The summed E-state index contributed by atoms with van der Waals surface area (Å²) in [6.07, 6.45) is -6.75. The van der Waals surface area contributed by atoms with Crippen molar-refractivity contribution in [2.75, 3.05) is 26.8 Å². The fourth-order valence-electron chi connectivity index (χ4n) is 3.26. The van der Waals surface area contributed by atoms with Crippen LogP contribution in [-0.2, 0) is 4.79 Å². The molecular weight excluding hydrogens is 422 g/mol. The summed E-state index contributed by atoms with van der Waals surface area (Å²) in [5, 5.41) is 49.6. The first-order valence-corrected chi connectivity index (χ1v) is 9.88. The molecule has 0 aliphatic carbocycles. The van der Waals surface area contributed by atoms with Gasteiger partial charge in [0.2, 0.25) is 0 Å². The lowest BCUT2D eigenvalue weighted by molar-refractivity contribution is -0.139. The number of nitrogens with zero attached hydrogens (tertiary/aromatic N) is 1. The number of carbonyl (C=O) groups is 1. The summed E-state index contributed by atoms with van der Waals surface area (Å²) in [7, 11) is 1.36. The Labute approximate surface area is 182 Å². The standard InChI is InChI=1S/C22H25NO9/c1-23(9-16(25)20(28)21(29)17(26)10-24)19(27)11-31-12-6-7-14-13-4-2-3-5-15(13)22(30)32-18(14)8-12/h2-8,16-17,20-21,24-26,28-29H,9-11H2,1H3/t16-,17+,20+,21+/m0/s1. The van der Waals surface area contributed by atoms with Gasteiger partial charge in [-0.15, -0.1) is 0 Å². The molecule has 0 saturated carbocycles. The van der Waals surface area contributed by atoms with E-state index in [0.29, 0.717) is 16.7 Å². The van der Waals surface area contributed by atoms with Gasteiger partial charge in [-0.2, -0.15) is 0 Å². The number of ether oxygens (including phenoxy) is 1. The lowest BCUT2D eigenvalue weighted by Gasteiger charge is -2.28. The van der Waals surface area contributed by atoms with Crippen LogP contribution in [0.5, 0.6) is 5.75 Å². The molecule has 0 radical (unpaired) electrons. The number of likely N-dealkylation sites (N-methyl/N-ethyl adjacent to an activating group) is 1. The predicted octanol–water partition coefficient (Wildman–Crippen LogP) is -0.781. The van der Waals surface area contributed by atoms with Gasteiger partial charge in [0, 0.05) is 25.0 Å². The van der Waals surface area contributed by atoms with Crippen LogP contribution >= 0.6 is 0 Å². The van der Waals surface area contributed by atoms with E-state index >= 15 is 0 Å². The fourth-order valence-corrected chi connectivity index (χ4v) is 3.26. The van der Waals surface area contributed by atoms with Crippen LogP contribution in [0.1, 0.15) is 0 Å². The number of aliphatic hydroxyl groups excluding tert-OH is 5. The molecule has 3 aromatic rings. The minimum absolute atomic E-state index is 0.291. The molecule has 32 heavy (non-hydrogen) atoms. The van der Waals surface area contributed by atoms with Crippen molar-refractivity contribution in [3.05, 3.63) is 52.9 Å². The molecule has 0 unspecified atom stereocenters. The van der Waals surface area contributed by atoms with Crippen molar-refractivity contribution in [1.82, 2.24) is 4.90 Å². The van der Waals surface area contributed by atoms with Crippen LogP contribution in [0.2, 0.25) is 0 Å². The maximum Gasteiger partial charge on any atom is 0.344 e. The van der Waals surface area contributed by atoms with E-state index in [9.17, 15) is 30.0 Å². The molecule has 0 fully saturated rings. The maximum absolute atomic E-state index is 12.3. The van der Waals surface area contributed by atoms with Gasteiger partial charge in [-0.3, -0.25) is 4.79 Å². The molecule has 0 aliphatic heterocycles. The summed E-state index contributed by atoms with van der Waals surface area (Å²) >= 11 is 0. The van der Waals surface area contributed by atoms with Crippen molar-refractivity contribution in [1.29, 1.82) is 0 Å². The molecule has 1 amide bonds. The SMILES string of the molecule is CN(C[C@H](O)[C@@H](O)[C@H](O)[C@H](O)CO)C(=O)COc1ccc2c(c1)oc(=O)c1ccccc12. The molecule has 5 N–H and O–H groups in total. The van der Waals surface area contributed by atoms with E-state index in [1.54, 1.807) is 24.3 Å². The van der Waals surface area contributed by atoms with Crippen molar-refractivity contribution >= 4 is 27.6 Å². The lowest BCUT2D eigenvalue weighted by atomic mass is 10.0. The number of hydrogen-bond acceptors (Lipinski definition) is 9. The number of hydrogen-bond donors (Lipinski definition) is 5. The minimum Gasteiger partial charge on any atom is -0.484 e. The van der Waals surface area contributed by atoms with Gasteiger partial charge in [0.05, 0.1) is 12.0 Å². The molecule has 0 aliphatic rings. The van der Waals surface area contributed by atoms with Crippen molar-refractivity contribution in [2.45, 2.75) is 24.4 Å². The van der Waals surface area contributed by atoms with Gasteiger partial charge in [0.15, 0.2) is 6.61 Å². The number of benzene rings is 2. The molecule has 0 bridgehead atoms. The topological polar surface area (TPSA) is 161 Å². The highest BCUT2D eigenvalue weighted by Gasteiger charge is 2.31. The third kappa shape index (κ3) is 5.06. The van der Waals surface area contributed by atoms with Gasteiger partial charge in [0.25, 0.3) is 5.91 Å². The fraction of sp³-hybridized carbons (Fsp3) is 0.364. The second-order valence-electron chi connectivity index (χ2n) is 7.45. The van der Waals surface area contributed by atoms with Crippen molar-refractivity contribution in [3.8, 4) is 5.75 Å². The molecule has 0 spiro atoms. The Morgan fingerprint density at radius 3 is 2.34 bits per heavy atom. The summed E-state index contributed by atoms with van der Waals surface area (Å²) in [6.45, 7) is -1.54. The quantitative estimate of drug-likeness (QED) is 0.209. The first-order valence-electron chi connectivity index (χ1n) is 9.88. The predicted molar refractivity (Wildman–Crippen MR) is 114 cm³/mol. The molecule has 1 aromatic heterocycles. The Kier molecular flexibility index (Phi) is 7.44. The van der Waals surface area contributed by atoms with Gasteiger partial charge in [0.1, 0.15) is 35.7 Å². The molecule has 10 nitrogen and oxygen atoms in total. The summed E-state index contributed by atoms with van der Waals surface area (Å²) in [6, 6.07) is 11.9. The highest BCUT2D eigenvalue weighted by molar-refractivity contribution is 6.04. The van der Waals surface area contributed by atoms with Gasteiger partial charge in [-0.05, 0) is 23.6 Å². The zero-order valence-corrected chi connectivity index (χ0v) is 17.3. The van der Waals surface area contributed by atoms with Crippen LogP contribution in [0.25, 0.3) is 21.7 Å².